The van der Waals surface area contributed by atoms with E-state index in [2.05, 4.69) is 26.6 Å². The maximum absolute atomic E-state index is 15.5. The van der Waals surface area contributed by atoms with Crippen LogP contribution in [0.2, 0.25) is 0 Å². The van der Waals surface area contributed by atoms with E-state index in [1.165, 1.54) is 64.5 Å². The fraction of sp³-hybridized carbons (Fsp3) is 0.838. The van der Waals surface area contributed by atoms with E-state index in [-0.39, 0.29) is 86.8 Å². The van der Waals surface area contributed by atoms with Crippen LogP contribution in [0, 0.1) is 35.5 Å². The van der Waals surface area contributed by atoms with Crippen LogP contribution in [-0.4, -0.2) is 276 Å². The molecule has 0 bridgehead atoms. The molecule has 102 heavy (non-hydrogen) atoms. The van der Waals surface area contributed by atoms with Gasteiger partial charge in [-0.2, -0.15) is 0 Å². The van der Waals surface area contributed by atoms with E-state index in [9.17, 15) is 53.4 Å². The van der Waals surface area contributed by atoms with Gasteiger partial charge in [0, 0.05) is 66.7 Å². The number of aldehydes is 1. The van der Waals surface area contributed by atoms with Crippen molar-refractivity contribution in [3.8, 4) is 0 Å². The molecule has 3 fully saturated rings. The molecule has 2 aliphatic carbocycles. The minimum absolute atomic E-state index is 0.00871. The molecule has 0 aromatic heterocycles. The third-order valence-corrected chi connectivity index (χ3v) is 21.0. The average Bonchev–Trinajstić information content (AvgIpc) is 0.822. The minimum atomic E-state index is -1.63. The molecule has 2 saturated carbocycles. The normalized spacial score (nSPS) is 19.1. The van der Waals surface area contributed by atoms with Gasteiger partial charge in [0.2, 0.25) is 65.0 Å². The molecule has 1 heterocycles. The first-order valence-electron chi connectivity index (χ1n) is 37.9. The van der Waals surface area contributed by atoms with E-state index in [0.29, 0.717) is 57.4 Å². The van der Waals surface area contributed by atoms with Crippen LogP contribution in [0.4, 0.5) is 0 Å². The summed E-state index contributed by atoms with van der Waals surface area (Å²) < 4.78 is 5.68. The van der Waals surface area contributed by atoms with Crippen LogP contribution in [0.15, 0.2) is 0 Å². The Bertz CT molecular complexity index is 2680. The molecule has 3 aliphatic rings. The number of likely N-dealkylation sites (tertiary alicyclic amines) is 1. The number of aliphatic hydroxyl groups excluding tert-OH is 2. The number of rotatable bonds is 44. The molecule has 1 saturated heterocycles. The van der Waals surface area contributed by atoms with E-state index >= 15 is 14.4 Å². The second-order valence-electron chi connectivity index (χ2n) is 30.4. The molecule has 28 heteroatoms. The lowest BCUT2D eigenvalue weighted by Crippen LogP contribution is -2.62. The molecule has 27 nitrogen and oxygen atoms in total. The number of aliphatic hydroxyl groups is 2. The van der Waals surface area contributed by atoms with Gasteiger partial charge in [0.15, 0.2) is 0 Å². The van der Waals surface area contributed by atoms with Gasteiger partial charge in [-0.1, -0.05) is 114 Å². The highest BCUT2D eigenvalue weighted by Crippen LogP contribution is 2.33. The molecule has 1 aliphatic heterocycles. The predicted octanol–water partition coefficient (Wildman–Crippen LogP) is 4.24. The summed E-state index contributed by atoms with van der Waals surface area (Å²) in [4.78, 5) is 182. The molecule has 584 valence electrons. The standard InChI is InChI=1S/C74H131ClN12O15/c1-17-33-87(74(101)65(51(10)90)80-69(96)60(41-49(7)8)85(16)73(100)64(50(9)18-2)79-66(93)57(81(12)62(91)44-76-11)31-30-52-26-21-19-22-27-52)45-63(92)82(13)61(43-53-28-25-29-54(75)42-53)72(99)84(15)59(40-48(5)6)68(95)78-56(46-102-38-37-89)70(97)83(14)58(39-47(3)4)67(94)77-55(32-36-88)71(98)86-34-23-20-24-35-86/h36,47-61,64-65,76,89-90H,17-35,37-46H2,1-16H3,(H,77,94)(H,78,95)(H,79,93)(H,80,96)/t50-,51+,53?,54?,55-,56-,57-,58-,59-,60-,61-,64-,65-/m0/s1. The van der Waals surface area contributed by atoms with Crippen molar-refractivity contribution in [3.05, 3.63) is 0 Å². The van der Waals surface area contributed by atoms with E-state index < -0.39 is 145 Å². The van der Waals surface area contributed by atoms with Crippen LogP contribution in [0.1, 0.15) is 204 Å². The third kappa shape index (κ3) is 28.4. The van der Waals surface area contributed by atoms with Gasteiger partial charge >= 0.3 is 0 Å². The quantitative estimate of drug-likeness (QED) is 0.0255. The lowest BCUT2D eigenvalue weighted by atomic mass is 9.83. The molecule has 7 N–H and O–H groups in total. The number of carbonyl (C=O) groups excluding carboxylic acids is 12. The zero-order chi connectivity index (χ0) is 76.7. The number of hydrogen-bond donors (Lipinski definition) is 7. The van der Waals surface area contributed by atoms with Gasteiger partial charge in [-0.3, -0.25) is 52.7 Å². The molecule has 11 amide bonds. The Morgan fingerprint density at radius 1 is 0.578 bits per heavy atom. The Morgan fingerprint density at radius 2 is 1.08 bits per heavy atom. The number of ether oxygens (including phenoxy) is 1. The SMILES string of the molecule is CCCN(CC(=O)N(C)[C@@H](CC1CCCC(Cl)C1)C(=O)N(C)[C@@H](CC(C)C)C(=O)N[C@@H](COCCO)C(=O)N(C)[C@@H](CC(C)C)C(=O)N[C@@H](CC=O)C(=O)N1CCCCC1)C(=O)[C@@H](NC(=O)[C@H](CC(C)C)N(C)C(=O)[C@@H](NC(=O)[C@H](CCC1CCCCC1)N(C)C(=O)CNC)[C@@H](C)CC)[C@@H](C)O. The Hall–Kier alpha value is -6.03. The fourth-order valence-corrected chi connectivity index (χ4v) is 14.6. The molecular formula is C74H131ClN12O15. The van der Waals surface area contributed by atoms with E-state index in [1.807, 2.05) is 55.4 Å². The minimum Gasteiger partial charge on any atom is -0.394 e. The highest BCUT2D eigenvalue weighted by molar-refractivity contribution is 6.20. The number of nitrogens with one attached hydrogen (secondary N) is 5. The highest BCUT2D eigenvalue weighted by atomic mass is 35.5. The smallest absolute Gasteiger partial charge is 0.248 e. The first kappa shape index (κ1) is 90.2. The van der Waals surface area contributed by atoms with Crippen molar-refractivity contribution in [2.75, 3.05) is 94.8 Å². The number of halogens is 1. The van der Waals surface area contributed by atoms with Gasteiger partial charge in [-0.05, 0) is 127 Å². The Morgan fingerprint density at radius 3 is 1.59 bits per heavy atom. The van der Waals surface area contributed by atoms with Crippen LogP contribution in [0.25, 0.3) is 0 Å². The molecule has 13 atom stereocenters. The molecule has 2 unspecified atom stereocenters. The summed E-state index contributed by atoms with van der Waals surface area (Å²) >= 11 is 6.76. The number of carbonyl (C=O) groups is 12. The van der Waals surface area contributed by atoms with Crippen molar-refractivity contribution in [1.29, 1.82) is 0 Å². The Labute approximate surface area is 613 Å². The molecule has 0 radical (unpaired) electrons. The average molecular weight is 1460 g/mol. The summed E-state index contributed by atoms with van der Waals surface area (Å²) in [6.07, 6.45) is 11.8. The van der Waals surface area contributed by atoms with Gasteiger partial charge in [0.25, 0.3) is 0 Å². The first-order chi connectivity index (χ1) is 48.2. The maximum atomic E-state index is 15.5. The zero-order valence-corrected chi connectivity index (χ0v) is 65.4. The highest BCUT2D eigenvalue weighted by Gasteiger charge is 2.44. The van der Waals surface area contributed by atoms with Crippen LogP contribution < -0.4 is 26.6 Å². The van der Waals surface area contributed by atoms with Gasteiger partial charge in [0.05, 0.1) is 39.0 Å². The van der Waals surface area contributed by atoms with Crippen LogP contribution >= 0.6 is 11.6 Å². The van der Waals surface area contributed by atoms with Gasteiger partial charge < -0.3 is 80.6 Å². The summed E-state index contributed by atoms with van der Waals surface area (Å²) in [6.45, 7) is 17.2. The molecule has 0 aromatic carbocycles. The topological polar surface area (TPSA) is 337 Å². The summed E-state index contributed by atoms with van der Waals surface area (Å²) in [7, 11) is 8.97. The molecular weight excluding hydrogens is 1330 g/mol. The van der Waals surface area contributed by atoms with Crippen LogP contribution in [0.3, 0.4) is 0 Å². The fourth-order valence-electron chi connectivity index (χ4n) is 14.2. The lowest BCUT2D eigenvalue weighted by molar-refractivity contribution is -0.152. The molecule has 0 spiro atoms. The monoisotopic (exact) mass is 1460 g/mol. The Kier molecular flexibility index (Phi) is 40.7. The summed E-state index contributed by atoms with van der Waals surface area (Å²) in [5.74, 6) is -7.57. The summed E-state index contributed by atoms with van der Waals surface area (Å²) in [5, 5.41) is 35.1. The van der Waals surface area contributed by atoms with E-state index in [1.54, 1.807) is 25.9 Å². The number of piperidine rings is 1. The molecule has 0 aromatic rings. The van der Waals surface area contributed by atoms with Crippen LogP contribution in [-0.2, 0) is 62.3 Å². The van der Waals surface area contributed by atoms with Crippen molar-refractivity contribution < 1.29 is 72.5 Å². The largest absolute Gasteiger partial charge is 0.394 e. The number of likely N-dealkylation sites (N-methyl/N-ethyl adjacent to an activating group) is 6. The summed E-state index contributed by atoms with van der Waals surface area (Å²) in [5.41, 5.74) is 0. The number of nitrogens with zero attached hydrogens (tertiary/aromatic N) is 7. The van der Waals surface area contributed by atoms with Crippen molar-refractivity contribution in [1.82, 2.24) is 60.9 Å². The summed E-state index contributed by atoms with van der Waals surface area (Å²) in [6, 6.07) is -11.2. The zero-order valence-electron chi connectivity index (χ0n) is 64.6. The number of alkyl halides is 1. The Balaban J connectivity index is 2.00. The van der Waals surface area contributed by atoms with Crippen molar-refractivity contribution in [2.45, 2.75) is 270 Å². The van der Waals surface area contributed by atoms with Crippen molar-refractivity contribution >= 4 is 82.9 Å². The van der Waals surface area contributed by atoms with E-state index in [0.717, 1.165) is 70.6 Å². The third-order valence-electron chi connectivity index (χ3n) is 20.6. The van der Waals surface area contributed by atoms with Gasteiger partial charge in [-0.25, -0.2) is 0 Å². The predicted molar refractivity (Wildman–Crippen MR) is 392 cm³/mol. The number of hydrogen-bond acceptors (Lipinski definition) is 16. The second kappa shape index (κ2) is 46.0. The van der Waals surface area contributed by atoms with Crippen LogP contribution in [0.5, 0.6) is 0 Å². The van der Waals surface area contributed by atoms with E-state index in [4.69, 9.17) is 16.3 Å². The first-order valence-corrected chi connectivity index (χ1v) is 38.3. The van der Waals surface area contributed by atoms with Gasteiger partial charge in [-0.15, -0.1) is 11.6 Å². The maximum Gasteiger partial charge on any atom is 0.248 e. The molecule has 3 rings (SSSR count). The second-order valence-corrected chi connectivity index (χ2v) is 31.0. The van der Waals surface area contributed by atoms with Crippen molar-refractivity contribution in [3.63, 3.8) is 0 Å². The number of amides is 11. The lowest BCUT2D eigenvalue weighted by Gasteiger charge is -2.39. The van der Waals surface area contributed by atoms with Gasteiger partial charge in [0.1, 0.15) is 60.7 Å². The van der Waals surface area contributed by atoms with Crippen molar-refractivity contribution in [2.24, 2.45) is 35.5 Å².